The van der Waals surface area contributed by atoms with E-state index >= 15 is 0 Å². The number of nitrogens with zero attached hydrogens (tertiary/aromatic N) is 4. The Kier molecular flexibility index (Phi) is 4.57. The summed E-state index contributed by atoms with van der Waals surface area (Å²) in [4.78, 5) is 15.5. The molecule has 1 aliphatic heterocycles. The zero-order valence-corrected chi connectivity index (χ0v) is 13.0. The monoisotopic (exact) mass is 304 g/mol. The van der Waals surface area contributed by atoms with E-state index in [1.165, 1.54) is 12.8 Å². The Morgan fingerprint density at radius 2 is 2.19 bits per heavy atom. The van der Waals surface area contributed by atoms with Crippen LogP contribution in [0.3, 0.4) is 0 Å². The third-order valence-corrected chi connectivity index (χ3v) is 4.78. The Balaban J connectivity index is 1.72. The molecular weight excluding hydrogens is 284 g/mol. The molecule has 1 saturated heterocycles. The number of hydrogen-bond acceptors (Lipinski definition) is 6. The summed E-state index contributed by atoms with van der Waals surface area (Å²) in [5.74, 6) is 0.680. The second-order valence-electron chi connectivity index (χ2n) is 5.49. The summed E-state index contributed by atoms with van der Waals surface area (Å²) in [6, 6.07) is 2.05. The van der Waals surface area contributed by atoms with Gasteiger partial charge in [0, 0.05) is 30.4 Å². The Morgan fingerprint density at radius 1 is 1.38 bits per heavy atom. The molecule has 0 spiro atoms. The van der Waals surface area contributed by atoms with Crippen molar-refractivity contribution in [3.63, 3.8) is 0 Å². The van der Waals surface area contributed by atoms with Crippen LogP contribution in [-0.4, -0.2) is 43.6 Å². The molecule has 6 heteroatoms. The molecular formula is C15H20N4OS. The van der Waals surface area contributed by atoms with Gasteiger partial charge in [-0.3, -0.25) is 4.90 Å². The number of aromatic nitrogens is 3. The van der Waals surface area contributed by atoms with Gasteiger partial charge in [0.25, 0.3) is 0 Å². The van der Waals surface area contributed by atoms with Crippen LogP contribution >= 0.6 is 11.3 Å². The van der Waals surface area contributed by atoms with Crippen molar-refractivity contribution in [2.45, 2.75) is 44.9 Å². The van der Waals surface area contributed by atoms with Crippen molar-refractivity contribution in [1.82, 2.24) is 19.9 Å². The van der Waals surface area contributed by atoms with Crippen LogP contribution in [0.25, 0.3) is 10.8 Å². The third kappa shape index (κ3) is 3.45. The fourth-order valence-corrected chi connectivity index (χ4v) is 3.61. The average Bonchev–Trinajstić information content (AvgIpc) is 2.97. The predicted molar refractivity (Wildman–Crippen MR) is 82.9 cm³/mol. The van der Waals surface area contributed by atoms with E-state index in [9.17, 15) is 5.11 Å². The average molecular weight is 304 g/mol. The van der Waals surface area contributed by atoms with Gasteiger partial charge in [-0.25, -0.2) is 15.0 Å². The minimum atomic E-state index is -0.291. The first-order chi connectivity index (χ1) is 10.2. The molecule has 0 saturated carbocycles. The van der Waals surface area contributed by atoms with Crippen molar-refractivity contribution in [3.8, 4) is 10.8 Å². The summed E-state index contributed by atoms with van der Waals surface area (Å²) in [7, 11) is 0. The molecule has 1 N–H and O–H groups in total. The highest BCUT2D eigenvalue weighted by Crippen LogP contribution is 2.24. The van der Waals surface area contributed by atoms with Crippen LogP contribution in [0.2, 0.25) is 0 Å². The number of thiazole rings is 1. The molecule has 0 amide bonds. The van der Waals surface area contributed by atoms with E-state index in [1.54, 1.807) is 29.8 Å². The number of piperidine rings is 1. The molecule has 2 atom stereocenters. The van der Waals surface area contributed by atoms with Gasteiger partial charge in [0.2, 0.25) is 0 Å². The molecule has 5 nitrogen and oxygen atoms in total. The molecule has 1 fully saturated rings. The molecule has 112 valence electrons. The second-order valence-corrected chi connectivity index (χ2v) is 6.35. The Bertz CT molecular complexity index is 572. The summed E-state index contributed by atoms with van der Waals surface area (Å²) in [6.07, 6.45) is 6.64. The number of aliphatic hydroxyl groups is 1. The minimum Gasteiger partial charge on any atom is -0.392 e. The van der Waals surface area contributed by atoms with E-state index in [2.05, 4.69) is 25.2 Å². The standard InChI is InChI=1S/C15H20N4OS/c1-11(20)13-5-2-3-8-19(13)9-12-10-21-15(18-12)14-16-6-4-7-17-14/h4,6-7,10-11,13,20H,2-3,5,8-9H2,1H3. The fourth-order valence-electron chi connectivity index (χ4n) is 2.86. The molecule has 2 unspecified atom stereocenters. The Morgan fingerprint density at radius 3 is 2.95 bits per heavy atom. The highest BCUT2D eigenvalue weighted by molar-refractivity contribution is 7.13. The summed E-state index contributed by atoms with van der Waals surface area (Å²) < 4.78 is 0. The maximum absolute atomic E-state index is 9.93. The molecule has 0 aliphatic carbocycles. The largest absolute Gasteiger partial charge is 0.392 e. The van der Waals surface area contributed by atoms with Crippen LogP contribution in [0, 0.1) is 0 Å². The summed E-state index contributed by atoms with van der Waals surface area (Å²) in [5.41, 5.74) is 1.04. The van der Waals surface area contributed by atoms with E-state index in [0.29, 0.717) is 5.82 Å². The van der Waals surface area contributed by atoms with E-state index in [0.717, 1.165) is 30.2 Å². The first kappa shape index (κ1) is 14.6. The van der Waals surface area contributed by atoms with E-state index < -0.39 is 0 Å². The van der Waals surface area contributed by atoms with Gasteiger partial charge in [-0.1, -0.05) is 6.42 Å². The lowest BCUT2D eigenvalue weighted by Crippen LogP contribution is -2.45. The van der Waals surface area contributed by atoms with Crippen LogP contribution in [0.5, 0.6) is 0 Å². The summed E-state index contributed by atoms with van der Waals surface area (Å²) >= 11 is 1.58. The van der Waals surface area contributed by atoms with Crippen LogP contribution in [0.4, 0.5) is 0 Å². The van der Waals surface area contributed by atoms with E-state index in [-0.39, 0.29) is 12.1 Å². The quantitative estimate of drug-likeness (QED) is 0.939. The highest BCUT2D eigenvalue weighted by Gasteiger charge is 2.26. The predicted octanol–water partition coefficient (Wildman–Crippen LogP) is 2.34. The van der Waals surface area contributed by atoms with Gasteiger partial charge in [-0.2, -0.15) is 0 Å². The SMILES string of the molecule is CC(O)C1CCCCN1Cc1csc(-c2ncccn2)n1. The molecule has 3 heterocycles. The van der Waals surface area contributed by atoms with Gasteiger partial charge in [-0.05, 0) is 32.4 Å². The normalized spacial score (nSPS) is 21.3. The van der Waals surface area contributed by atoms with Crippen LogP contribution in [-0.2, 0) is 6.54 Å². The molecule has 21 heavy (non-hydrogen) atoms. The van der Waals surface area contributed by atoms with Gasteiger partial charge < -0.3 is 5.11 Å². The summed E-state index contributed by atoms with van der Waals surface area (Å²) in [5, 5.41) is 12.9. The lowest BCUT2D eigenvalue weighted by atomic mass is 9.98. The zero-order chi connectivity index (χ0) is 14.7. The Hall–Kier alpha value is -1.37. The van der Waals surface area contributed by atoms with E-state index in [1.807, 2.05) is 6.92 Å². The molecule has 1 aliphatic rings. The van der Waals surface area contributed by atoms with Gasteiger partial charge in [0.1, 0.15) is 0 Å². The summed E-state index contributed by atoms with van der Waals surface area (Å²) in [6.45, 7) is 3.70. The van der Waals surface area contributed by atoms with Gasteiger partial charge in [0.15, 0.2) is 10.8 Å². The van der Waals surface area contributed by atoms with Crippen molar-refractivity contribution in [1.29, 1.82) is 0 Å². The smallest absolute Gasteiger partial charge is 0.188 e. The van der Waals surface area contributed by atoms with Crippen molar-refractivity contribution in [3.05, 3.63) is 29.5 Å². The molecule has 0 radical (unpaired) electrons. The third-order valence-electron chi connectivity index (χ3n) is 3.89. The van der Waals surface area contributed by atoms with Crippen LogP contribution in [0.15, 0.2) is 23.8 Å². The molecule has 0 aromatic carbocycles. The van der Waals surface area contributed by atoms with Crippen molar-refractivity contribution >= 4 is 11.3 Å². The van der Waals surface area contributed by atoms with Crippen molar-refractivity contribution < 1.29 is 5.11 Å². The van der Waals surface area contributed by atoms with Gasteiger partial charge in [-0.15, -0.1) is 11.3 Å². The maximum Gasteiger partial charge on any atom is 0.188 e. The molecule has 2 aromatic rings. The maximum atomic E-state index is 9.93. The second kappa shape index (κ2) is 6.60. The molecule has 0 bridgehead atoms. The number of likely N-dealkylation sites (tertiary alicyclic amines) is 1. The fraction of sp³-hybridized carbons (Fsp3) is 0.533. The lowest BCUT2D eigenvalue weighted by molar-refractivity contribution is 0.0311. The lowest BCUT2D eigenvalue weighted by Gasteiger charge is -2.36. The number of aliphatic hydroxyl groups excluding tert-OH is 1. The van der Waals surface area contributed by atoms with Crippen molar-refractivity contribution in [2.24, 2.45) is 0 Å². The Labute approximate surface area is 128 Å². The first-order valence-corrected chi connectivity index (χ1v) is 8.26. The first-order valence-electron chi connectivity index (χ1n) is 7.38. The highest BCUT2D eigenvalue weighted by atomic mass is 32.1. The van der Waals surface area contributed by atoms with Crippen LogP contribution in [0.1, 0.15) is 31.9 Å². The molecule has 2 aromatic heterocycles. The van der Waals surface area contributed by atoms with Gasteiger partial charge in [0.05, 0.1) is 11.8 Å². The topological polar surface area (TPSA) is 62.1 Å². The zero-order valence-electron chi connectivity index (χ0n) is 12.1. The van der Waals surface area contributed by atoms with Gasteiger partial charge >= 0.3 is 0 Å². The number of rotatable bonds is 4. The number of hydrogen-bond donors (Lipinski definition) is 1. The minimum absolute atomic E-state index is 0.247. The van der Waals surface area contributed by atoms with E-state index in [4.69, 9.17) is 0 Å². The van der Waals surface area contributed by atoms with Crippen LogP contribution < -0.4 is 0 Å². The molecule has 3 rings (SSSR count). The van der Waals surface area contributed by atoms with Crippen molar-refractivity contribution in [2.75, 3.05) is 6.54 Å².